The van der Waals surface area contributed by atoms with Crippen molar-refractivity contribution in [2.45, 2.75) is 36.7 Å². The Morgan fingerprint density at radius 1 is 1.05 bits per heavy atom. The van der Waals surface area contributed by atoms with E-state index in [2.05, 4.69) is 21.3 Å². The molecule has 0 fully saturated rings. The molecule has 0 aromatic heterocycles. The van der Waals surface area contributed by atoms with Crippen LogP contribution in [-0.4, -0.2) is 38.9 Å². The molecule has 0 saturated carbocycles. The second-order valence-corrected chi connectivity index (χ2v) is 10.6. The Bertz CT molecular complexity index is 1450. The van der Waals surface area contributed by atoms with Crippen LogP contribution in [0.4, 0.5) is 10.1 Å². The van der Waals surface area contributed by atoms with Gasteiger partial charge in [0.1, 0.15) is 22.5 Å². The van der Waals surface area contributed by atoms with Gasteiger partial charge in [0.2, 0.25) is 15.9 Å². The highest BCUT2D eigenvalue weighted by molar-refractivity contribution is 7.89. The molecule has 0 spiro atoms. The van der Waals surface area contributed by atoms with E-state index < -0.39 is 39.2 Å². The number of terminal acetylenes is 1. The van der Waals surface area contributed by atoms with Crippen molar-refractivity contribution in [3.8, 4) is 18.1 Å². The molecule has 198 valence electrons. The SMILES string of the molecule is C#CC(C)(C)NS(=O)(=O)c1ccc(NC(=O)[C@H](Cc2ccccc2)NC(=O)c2ccc(F)cc2)cc1OC. The fourth-order valence-electron chi connectivity index (χ4n) is 3.52. The largest absolute Gasteiger partial charge is 0.495 e. The number of methoxy groups -OCH3 is 1. The molecule has 3 aromatic rings. The lowest BCUT2D eigenvalue weighted by Crippen LogP contribution is -2.45. The summed E-state index contributed by atoms with van der Waals surface area (Å²) in [6.45, 7) is 3.08. The van der Waals surface area contributed by atoms with Gasteiger partial charge in [0, 0.05) is 23.7 Å². The molecule has 3 aromatic carbocycles. The molecule has 0 saturated heterocycles. The highest BCUT2D eigenvalue weighted by Gasteiger charge is 2.28. The number of carbonyl (C=O) groups is 2. The van der Waals surface area contributed by atoms with Crippen LogP contribution >= 0.6 is 0 Å². The highest BCUT2D eigenvalue weighted by Crippen LogP contribution is 2.28. The molecule has 0 heterocycles. The zero-order valence-electron chi connectivity index (χ0n) is 21.1. The summed E-state index contributed by atoms with van der Waals surface area (Å²) in [6.07, 6.45) is 5.58. The minimum absolute atomic E-state index is 0.0157. The highest BCUT2D eigenvalue weighted by atomic mass is 32.2. The number of ether oxygens (including phenoxy) is 1. The van der Waals surface area contributed by atoms with E-state index in [1.54, 1.807) is 13.8 Å². The smallest absolute Gasteiger partial charge is 0.251 e. The minimum atomic E-state index is -4.04. The van der Waals surface area contributed by atoms with Gasteiger partial charge in [-0.15, -0.1) is 6.42 Å². The predicted molar refractivity (Wildman–Crippen MR) is 143 cm³/mol. The second-order valence-electron chi connectivity index (χ2n) is 8.95. The predicted octanol–water partition coefficient (Wildman–Crippen LogP) is 3.50. The monoisotopic (exact) mass is 537 g/mol. The van der Waals surface area contributed by atoms with Crippen molar-refractivity contribution in [3.63, 3.8) is 0 Å². The molecular formula is C28H28FN3O5S. The number of hydrogen-bond donors (Lipinski definition) is 3. The molecule has 3 N–H and O–H groups in total. The lowest BCUT2D eigenvalue weighted by molar-refractivity contribution is -0.118. The van der Waals surface area contributed by atoms with E-state index in [1.165, 1.54) is 37.4 Å². The first-order valence-corrected chi connectivity index (χ1v) is 13.0. The average molecular weight is 538 g/mol. The van der Waals surface area contributed by atoms with Gasteiger partial charge in [0.25, 0.3) is 5.91 Å². The molecule has 8 nitrogen and oxygen atoms in total. The zero-order valence-corrected chi connectivity index (χ0v) is 21.9. The second kappa shape index (κ2) is 11.9. The van der Waals surface area contributed by atoms with Crippen molar-refractivity contribution >= 4 is 27.5 Å². The third kappa shape index (κ3) is 7.41. The molecule has 0 aliphatic carbocycles. The summed E-state index contributed by atoms with van der Waals surface area (Å²) >= 11 is 0. The van der Waals surface area contributed by atoms with Crippen molar-refractivity contribution in [2.75, 3.05) is 12.4 Å². The normalized spacial score (nSPS) is 12.2. The fourth-order valence-corrected chi connectivity index (χ4v) is 5.01. The van der Waals surface area contributed by atoms with E-state index in [9.17, 15) is 22.4 Å². The Labute approximate surface area is 221 Å². The number of sulfonamides is 1. The van der Waals surface area contributed by atoms with Gasteiger partial charge in [-0.2, -0.15) is 4.72 Å². The van der Waals surface area contributed by atoms with Gasteiger partial charge in [-0.25, -0.2) is 12.8 Å². The van der Waals surface area contributed by atoms with Gasteiger partial charge < -0.3 is 15.4 Å². The van der Waals surface area contributed by atoms with Crippen molar-refractivity contribution in [2.24, 2.45) is 0 Å². The molecule has 0 radical (unpaired) electrons. The van der Waals surface area contributed by atoms with E-state index in [0.29, 0.717) is 0 Å². The first-order valence-electron chi connectivity index (χ1n) is 11.5. The number of halogens is 1. The van der Waals surface area contributed by atoms with Crippen LogP contribution in [0.1, 0.15) is 29.8 Å². The molecule has 10 heteroatoms. The number of benzene rings is 3. The average Bonchev–Trinajstić information content (AvgIpc) is 2.88. The molecule has 0 aliphatic heterocycles. The molecule has 1 atom stereocenters. The molecule has 2 amide bonds. The first-order chi connectivity index (χ1) is 17.9. The Hall–Kier alpha value is -4.20. The van der Waals surface area contributed by atoms with E-state index in [-0.39, 0.29) is 28.3 Å². The lowest BCUT2D eigenvalue weighted by Gasteiger charge is -2.21. The van der Waals surface area contributed by atoms with Gasteiger partial charge in [-0.05, 0) is 55.8 Å². The van der Waals surface area contributed by atoms with Crippen LogP contribution in [0, 0.1) is 18.2 Å². The van der Waals surface area contributed by atoms with E-state index in [0.717, 1.165) is 17.7 Å². The van der Waals surface area contributed by atoms with Crippen LogP contribution in [0.15, 0.2) is 77.7 Å². The summed E-state index contributed by atoms with van der Waals surface area (Å²) in [7, 11) is -2.74. The maximum Gasteiger partial charge on any atom is 0.251 e. The van der Waals surface area contributed by atoms with E-state index >= 15 is 0 Å². The number of anilines is 1. The Balaban J connectivity index is 1.85. The maximum absolute atomic E-state index is 13.3. The molecule has 38 heavy (non-hydrogen) atoms. The number of nitrogens with one attached hydrogen (secondary N) is 3. The van der Waals surface area contributed by atoms with Crippen molar-refractivity contribution < 1.29 is 27.1 Å². The zero-order chi connectivity index (χ0) is 27.9. The molecule has 0 aliphatic rings. The third-order valence-corrected chi connectivity index (χ3v) is 7.18. The minimum Gasteiger partial charge on any atom is -0.495 e. The lowest BCUT2D eigenvalue weighted by atomic mass is 10.0. The standard InChI is InChI=1S/C28H28FN3O5S/c1-5-28(2,3)32-38(35,36)25-16-15-22(18-24(25)37-4)30-27(34)23(17-19-9-7-6-8-10-19)31-26(33)20-11-13-21(29)14-12-20/h1,6-16,18,23,32H,17H2,2-4H3,(H,30,34)(H,31,33)/t23-/m0/s1. The number of hydrogen-bond acceptors (Lipinski definition) is 5. The van der Waals surface area contributed by atoms with Crippen LogP contribution in [0.2, 0.25) is 0 Å². The summed E-state index contributed by atoms with van der Waals surface area (Å²) in [5.41, 5.74) is 0.102. The topological polar surface area (TPSA) is 114 Å². The molecule has 3 rings (SSSR count). The molecular weight excluding hydrogens is 509 g/mol. The quantitative estimate of drug-likeness (QED) is 0.343. The van der Waals surface area contributed by atoms with Gasteiger partial charge >= 0.3 is 0 Å². The number of amides is 2. The van der Waals surface area contributed by atoms with Crippen LogP contribution in [0.25, 0.3) is 0 Å². The van der Waals surface area contributed by atoms with E-state index in [4.69, 9.17) is 11.2 Å². The van der Waals surface area contributed by atoms with Gasteiger partial charge in [0.15, 0.2) is 0 Å². The fraction of sp³-hybridized carbons (Fsp3) is 0.214. The summed E-state index contributed by atoms with van der Waals surface area (Å²) in [5.74, 6) is 0.758. The van der Waals surface area contributed by atoms with Crippen molar-refractivity contribution in [1.82, 2.24) is 10.0 Å². The van der Waals surface area contributed by atoms with E-state index in [1.807, 2.05) is 30.3 Å². The van der Waals surface area contributed by atoms with Crippen LogP contribution < -0.4 is 20.1 Å². The maximum atomic E-state index is 13.3. The Morgan fingerprint density at radius 3 is 2.32 bits per heavy atom. The third-order valence-electron chi connectivity index (χ3n) is 5.48. The molecule has 0 bridgehead atoms. The Morgan fingerprint density at radius 2 is 1.71 bits per heavy atom. The van der Waals surface area contributed by atoms with Crippen LogP contribution in [-0.2, 0) is 21.2 Å². The van der Waals surface area contributed by atoms with Crippen molar-refractivity contribution in [1.29, 1.82) is 0 Å². The molecule has 0 unspecified atom stereocenters. The number of rotatable bonds is 10. The summed E-state index contributed by atoms with van der Waals surface area (Å²) in [6, 6.07) is 17.1. The van der Waals surface area contributed by atoms with Crippen LogP contribution in [0.5, 0.6) is 5.75 Å². The number of carbonyl (C=O) groups excluding carboxylic acids is 2. The van der Waals surface area contributed by atoms with Gasteiger partial charge in [-0.3, -0.25) is 9.59 Å². The summed E-state index contributed by atoms with van der Waals surface area (Å²) < 4.78 is 46.7. The van der Waals surface area contributed by atoms with Crippen LogP contribution in [0.3, 0.4) is 0 Å². The van der Waals surface area contributed by atoms with Gasteiger partial charge in [0.05, 0.1) is 12.6 Å². The first kappa shape index (κ1) is 28.4. The van der Waals surface area contributed by atoms with Crippen molar-refractivity contribution in [3.05, 3.63) is 89.7 Å². The Kier molecular flexibility index (Phi) is 8.88. The summed E-state index contributed by atoms with van der Waals surface area (Å²) in [4.78, 5) is 25.9. The van der Waals surface area contributed by atoms with Gasteiger partial charge in [-0.1, -0.05) is 36.3 Å². The summed E-state index contributed by atoms with van der Waals surface area (Å²) in [5, 5.41) is 5.39.